The number of rotatable bonds is 5. The lowest BCUT2D eigenvalue weighted by molar-refractivity contribution is 0.350. The Bertz CT molecular complexity index is 405. The second-order valence-corrected chi connectivity index (χ2v) is 4.51. The van der Waals surface area contributed by atoms with Gasteiger partial charge >= 0.3 is 0 Å². The van der Waals surface area contributed by atoms with Crippen LogP contribution in [0, 0.1) is 11.7 Å². The highest BCUT2D eigenvalue weighted by Gasteiger charge is 2.26. The lowest BCUT2D eigenvalue weighted by atomic mass is 10.0. The van der Waals surface area contributed by atoms with Crippen molar-refractivity contribution in [1.29, 1.82) is 0 Å². The lowest BCUT2D eigenvalue weighted by Gasteiger charge is -2.15. The Labute approximate surface area is 101 Å². The summed E-state index contributed by atoms with van der Waals surface area (Å²) in [7, 11) is 3.02. The standard InChI is InChI=1S/C13H18FNO2/c1-16-12-6-9(10(14)7-13(12)17-2)11(15)5-8-3-4-8/h6-8,11H,3-5,15H2,1-2H3. The van der Waals surface area contributed by atoms with Crippen molar-refractivity contribution in [2.24, 2.45) is 11.7 Å². The zero-order valence-electron chi connectivity index (χ0n) is 10.2. The molecule has 2 rings (SSSR count). The van der Waals surface area contributed by atoms with Crippen LogP contribution >= 0.6 is 0 Å². The zero-order chi connectivity index (χ0) is 12.4. The fraction of sp³-hybridized carbons (Fsp3) is 0.538. The molecule has 1 aliphatic carbocycles. The van der Waals surface area contributed by atoms with E-state index < -0.39 is 0 Å². The molecular weight excluding hydrogens is 221 g/mol. The van der Waals surface area contributed by atoms with E-state index in [9.17, 15) is 4.39 Å². The summed E-state index contributed by atoms with van der Waals surface area (Å²) in [4.78, 5) is 0. The molecule has 3 nitrogen and oxygen atoms in total. The van der Waals surface area contributed by atoms with E-state index in [1.165, 1.54) is 33.1 Å². The van der Waals surface area contributed by atoms with Crippen molar-refractivity contribution < 1.29 is 13.9 Å². The van der Waals surface area contributed by atoms with Gasteiger partial charge in [0, 0.05) is 17.7 Å². The number of hydrogen-bond acceptors (Lipinski definition) is 3. The van der Waals surface area contributed by atoms with Crippen LogP contribution in [0.4, 0.5) is 4.39 Å². The third-order valence-corrected chi connectivity index (χ3v) is 3.19. The molecule has 0 aliphatic heterocycles. The second kappa shape index (κ2) is 4.92. The molecule has 0 saturated heterocycles. The smallest absolute Gasteiger partial charge is 0.163 e. The van der Waals surface area contributed by atoms with E-state index in [4.69, 9.17) is 15.2 Å². The fourth-order valence-corrected chi connectivity index (χ4v) is 1.99. The summed E-state index contributed by atoms with van der Waals surface area (Å²) >= 11 is 0. The average Bonchev–Trinajstić information content (AvgIpc) is 3.12. The van der Waals surface area contributed by atoms with Crippen LogP contribution in [0.5, 0.6) is 11.5 Å². The molecule has 0 bridgehead atoms. The van der Waals surface area contributed by atoms with Gasteiger partial charge in [-0.1, -0.05) is 12.8 Å². The first kappa shape index (κ1) is 12.2. The monoisotopic (exact) mass is 239 g/mol. The van der Waals surface area contributed by atoms with Crippen molar-refractivity contribution in [1.82, 2.24) is 0 Å². The molecule has 0 spiro atoms. The predicted molar refractivity (Wildman–Crippen MR) is 63.8 cm³/mol. The number of benzene rings is 1. The minimum Gasteiger partial charge on any atom is -0.493 e. The van der Waals surface area contributed by atoms with E-state index in [1.54, 1.807) is 6.07 Å². The molecule has 1 atom stereocenters. The van der Waals surface area contributed by atoms with E-state index >= 15 is 0 Å². The highest BCUT2D eigenvalue weighted by Crippen LogP contribution is 2.39. The molecule has 1 aliphatic rings. The highest BCUT2D eigenvalue weighted by atomic mass is 19.1. The van der Waals surface area contributed by atoms with Crippen molar-refractivity contribution in [3.8, 4) is 11.5 Å². The van der Waals surface area contributed by atoms with Crippen LogP contribution in [-0.4, -0.2) is 14.2 Å². The van der Waals surface area contributed by atoms with E-state index in [-0.39, 0.29) is 11.9 Å². The molecular formula is C13H18FNO2. The molecule has 4 heteroatoms. The van der Waals surface area contributed by atoms with E-state index in [1.807, 2.05) is 0 Å². The Morgan fingerprint density at radius 1 is 1.29 bits per heavy atom. The van der Waals surface area contributed by atoms with Crippen LogP contribution in [0.3, 0.4) is 0 Å². The molecule has 1 saturated carbocycles. The first-order chi connectivity index (χ1) is 8.15. The largest absolute Gasteiger partial charge is 0.493 e. The van der Waals surface area contributed by atoms with Gasteiger partial charge in [-0.25, -0.2) is 4.39 Å². The SMILES string of the molecule is COc1cc(F)c(C(N)CC2CC2)cc1OC. The number of halogens is 1. The number of ether oxygens (including phenoxy) is 2. The fourth-order valence-electron chi connectivity index (χ4n) is 1.99. The predicted octanol–water partition coefficient (Wildman–Crippen LogP) is 2.64. The Morgan fingerprint density at radius 2 is 1.88 bits per heavy atom. The van der Waals surface area contributed by atoms with Crippen molar-refractivity contribution >= 4 is 0 Å². The van der Waals surface area contributed by atoms with E-state index in [2.05, 4.69) is 0 Å². The van der Waals surface area contributed by atoms with Crippen LogP contribution in [-0.2, 0) is 0 Å². The molecule has 94 valence electrons. The van der Waals surface area contributed by atoms with Gasteiger partial charge in [0.1, 0.15) is 5.82 Å². The van der Waals surface area contributed by atoms with E-state index in [0.29, 0.717) is 23.0 Å². The molecule has 1 aromatic rings. The minimum atomic E-state index is -0.323. The van der Waals surface area contributed by atoms with Gasteiger partial charge in [0.2, 0.25) is 0 Å². The van der Waals surface area contributed by atoms with Crippen molar-refractivity contribution in [3.63, 3.8) is 0 Å². The molecule has 1 unspecified atom stereocenters. The van der Waals surface area contributed by atoms with Crippen LogP contribution in [0.1, 0.15) is 30.9 Å². The average molecular weight is 239 g/mol. The van der Waals surface area contributed by atoms with Gasteiger partial charge in [-0.2, -0.15) is 0 Å². The maximum absolute atomic E-state index is 13.9. The van der Waals surface area contributed by atoms with Gasteiger partial charge in [-0.15, -0.1) is 0 Å². The third-order valence-electron chi connectivity index (χ3n) is 3.19. The summed E-state index contributed by atoms with van der Waals surface area (Å²) in [6.45, 7) is 0. The topological polar surface area (TPSA) is 44.5 Å². The summed E-state index contributed by atoms with van der Waals surface area (Å²) < 4.78 is 24.1. The van der Waals surface area contributed by atoms with Gasteiger partial charge in [0.25, 0.3) is 0 Å². The molecule has 0 amide bonds. The lowest BCUT2D eigenvalue weighted by Crippen LogP contribution is -2.13. The first-order valence-electron chi connectivity index (χ1n) is 5.82. The molecule has 0 heterocycles. The maximum Gasteiger partial charge on any atom is 0.163 e. The molecule has 0 aromatic heterocycles. The van der Waals surface area contributed by atoms with Crippen LogP contribution < -0.4 is 15.2 Å². The maximum atomic E-state index is 13.9. The van der Waals surface area contributed by atoms with Crippen molar-refractivity contribution in [2.45, 2.75) is 25.3 Å². The van der Waals surface area contributed by atoms with Gasteiger partial charge in [-0.3, -0.25) is 0 Å². The molecule has 2 N–H and O–H groups in total. The highest BCUT2D eigenvalue weighted by molar-refractivity contribution is 5.44. The quantitative estimate of drug-likeness (QED) is 0.859. The molecule has 0 radical (unpaired) electrons. The molecule has 17 heavy (non-hydrogen) atoms. The Morgan fingerprint density at radius 3 is 2.41 bits per heavy atom. The summed E-state index contributed by atoms with van der Waals surface area (Å²) in [6, 6.07) is 2.71. The van der Waals surface area contributed by atoms with Gasteiger partial charge in [-0.05, 0) is 18.4 Å². The van der Waals surface area contributed by atoms with Crippen molar-refractivity contribution in [3.05, 3.63) is 23.5 Å². The van der Waals surface area contributed by atoms with Gasteiger partial charge in [0.15, 0.2) is 11.5 Å². The zero-order valence-corrected chi connectivity index (χ0v) is 10.2. The normalized spacial score (nSPS) is 16.7. The first-order valence-corrected chi connectivity index (χ1v) is 5.82. The summed E-state index contributed by atoms with van der Waals surface area (Å²) in [5, 5.41) is 0. The van der Waals surface area contributed by atoms with Crippen molar-refractivity contribution in [2.75, 3.05) is 14.2 Å². The van der Waals surface area contributed by atoms with Crippen LogP contribution in [0.25, 0.3) is 0 Å². The van der Waals surface area contributed by atoms with Gasteiger partial charge < -0.3 is 15.2 Å². The third kappa shape index (κ3) is 2.69. The Hall–Kier alpha value is -1.29. The number of nitrogens with two attached hydrogens (primary N) is 1. The second-order valence-electron chi connectivity index (χ2n) is 4.51. The summed E-state index contributed by atoms with van der Waals surface area (Å²) in [6.07, 6.45) is 3.26. The Balaban J connectivity index is 2.25. The molecule has 1 aromatic carbocycles. The Kier molecular flexibility index (Phi) is 3.52. The summed E-state index contributed by atoms with van der Waals surface area (Å²) in [5.74, 6) is 1.26. The van der Waals surface area contributed by atoms with Crippen LogP contribution in [0.2, 0.25) is 0 Å². The minimum absolute atomic E-state index is 0.262. The number of methoxy groups -OCH3 is 2. The summed E-state index contributed by atoms with van der Waals surface area (Å²) in [5.41, 5.74) is 6.52. The van der Waals surface area contributed by atoms with E-state index in [0.717, 1.165) is 6.42 Å². The van der Waals surface area contributed by atoms with Crippen LogP contribution in [0.15, 0.2) is 12.1 Å². The number of hydrogen-bond donors (Lipinski definition) is 1. The molecule has 1 fully saturated rings. The van der Waals surface area contributed by atoms with Gasteiger partial charge in [0.05, 0.1) is 14.2 Å².